The molecule has 0 saturated carbocycles. The standard InChI is InChI=1S/C19H22N2O10S2/c1-30-17(22)19(18(23)31-2,11-13-3-7-15(8-4-13)20-32(24,25)26)12-14-5-9-16(10-6-14)21-33(27,28)29/h3-10,20-21H,11-12H2,1-2H3,(H,24,25,26)(H,27,28,29). The number of hydrogen-bond donors (Lipinski definition) is 4. The topological polar surface area (TPSA) is 185 Å². The van der Waals surface area contributed by atoms with Crippen LogP contribution in [-0.2, 0) is 52.5 Å². The lowest BCUT2D eigenvalue weighted by Crippen LogP contribution is -2.45. The van der Waals surface area contributed by atoms with Gasteiger partial charge in [0, 0.05) is 0 Å². The van der Waals surface area contributed by atoms with Gasteiger partial charge in [-0.15, -0.1) is 0 Å². The van der Waals surface area contributed by atoms with Gasteiger partial charge < -0.3 is 9.47 Å². The van der Waals surface area contributed by atoms with E-state index in [1.165, 1.54) is 48.5 Å². The van der Waals surface area contributed by atoms with Gasteiger partial charge >= 0.3 is 32.5 Å². The maximum Gasteiger partial charge on any atom is 0.357 e. The van der Waals surface area contributed by atoms with Gasteiger partial charge in [0.2, 0.25) is 0 Å². The summed E-state index contributed by atoms with van der Waals surface area (Å²) in [7, 11) is -6.73. The van der Waals surface area contributed by atoms with Gasteiger partial charge in [-0.2, -0.15) is 16.8 Å². The first-order valence-corrected chi connectivity index (χ1v) is 12.0. The summed E-state index contributed by atoms with van der Waals surface area (Å²) in [6, 6.07) is 11.1. The lowest BCUT2D eigenvalue weighted by atomic mass is 9.76. The van der Waals surface area contributed by atoms with Crippen molar-refractivity contribution in [3.05, 3.63) is 59.7 Å². The van der Waals surface area contributed by atoms with Crippen molar-refractivity contribution in [3.63, 3.8) is 0 Å². The Morgan fingerprint density at radius 1 is 0.727 bits per heavy atom. The molecule has 2 aromatic rings. The molecule has 0 aliphatic carbocycles. The summed E-state index contributed by atoms with van der Waals surface area (Å²) in [4.78, 5) is 25.6. The third kappa shape index (κ3) is 7.42. The van der Waals surface area contributed by atoms with Crippen molar-refractivity contribution < 1.29 is 45.0 Å². The van der Waals surface area contributed by atoms with E-state index in [9.17, 15) is 26.4 Å². The maximum atomic E-state index is 12.8. The molecule has 0 radical (unpaired) electrons. The van der Waals surface area contributed by atoms with Gasteiger partial charge in [0.25, 0.3) is 0 Å². The van der Waals surface area contributed by atoms with E-state index in [2.05, 4.69) is 0 Å². The molecule has 0 spiro atoms. The summed E-state index contributed by atoms with van der Waals surface area (Å²) in [5.41, 5.74) is -0.790. The molecule has 0 atom stereocenters. The van der Waals surface area contributed by atoms with Crippen LogP contribution in [0.4, 0.5) is 11.4 Å². The van der Waals surface area contributed by atoms with Crippen molar-refractivity contribution >= 4 is 43.9 Å². The molecular formula is C19H22N2O10S2. The second kappa shape index (κ2) is 10.2. The number of anilines is 2. The van der Waals surface area contributed by atoms with Crippen molar-refractivity contribution in [2.75, 3.05) is 23.7 Å². The molecule has 0 fully saturated rings. The van der Waals surface area contributed by atoms with Crippen LogP contribution in [-0.4, -0.2) is 52.1 Å². The number of rotatable bonds is 10. The third-order valence-electron chi connectivity index (χ3n) is 4.57. The smallest absolute Gasteiger partial charge is 0.357 e. The number of nitrogens with one attached hydrogen (secondary N) is 2. The molecule has 0 aliphatic heterocycles. The van der Waals surface area contributed by atoms with Crippen LogP contribution in [0, 0.1) is 5.41 Å². The number of carbonyl (C=O) groups excluding carboxylic acids is 2. The van der Waals surface area contributed by atoms with Crippen LogP contribution in [0.2, 0.25) is 0 Å². The van der Waals surface area contributed by atoms with Gasteiger partial charge in [0.05, 0.1) is 25.6 Å². The number of carbonyl (C=O) groups is 2. The molecule has 4 N–H and O–H groups in total. The quantitative estimate of drug-likeness (QED) is 0.209. The Hall–Kier alpha value is -3.20. The fourth-order valence-electron chi connectivity index (χ4n) is 3.20. The SMILES string of the molecule is COC(=O)C(Cc1ccc(NS(=O)(=O)O)cc1)(Cc1ccc(NS(=O)(=O)O)cc1)C(=O)OC. The van der Waals surface area contributed by atoms with Crippen molar-refractivity contribution in [2.24, 2.45) is 5.41 Å². The number of ether oxygens (including phenoxy) is 2. The Morgan fingerprint density at radius 2 is 1.03 bits per heavy atom. The van der Waals surface area contributed by atoms with Crippen molar-refractivity contribution in [3.8, 4) is 0 Å². The summed E-state index contributed by atoms with van der Waals surface area (Å²) in [6.45, 7) is 0. The monoisotopic (exact) mass is 502 g/mol. The number of benzene rings is 2. The van der Waals surface area contributed by atoms with Gasteiger partial charge in [-0.25, -0.2) is 0 Å². The minimum absolute atomic E-state index is 0.0601. The van der Waals surface area contributed by atoms with E-state index in [4.69, 9.17) is 18.6 Å². The van der Waals surface area contributed by atoms with Crippen molar-refractivity contribution in [1.29, 1.82) is 0 Å². The number of methoxy groups -OCH3 is 2. The van der Waals surface area contributed by atoms with Crippen LogP contribution in [0.15, 0.2) is 48.5 Å². The van der Waals surface area contributed by atoms with Crippen molar-refractivity contribution in [2.45, 2.75) is 12.8 Å². The van der Waals surface area contributed by atoms with Gasteiger partial charge in [0.1, 0.15) is 0 Å². The van der Waals surface area contributed by atoms with E-state index >= 15 is 0 Å². The van der Waals surface area contributed by atoms with E-state index in [0.29, 0.717) is 11.1 Å². The van der Waals surface area contributed by atoms with Gasteiger partial charge in [0.15, 0.2) is 5.41 Å². The fraction of sp³-hybridized carbons (Fsp3) is 0.263. The number of hydrogen-bond acceptors (Lipinski definition) is 8. The molecule has 12 nitrogen and oxygen atoms in total. The normalized spacial score (nSPS) is 12.0. The summed E-state index contributed by atoms with van der Waals surface area (Å²) in [6.07, 6.45) is -0.354. The molecule has 33 heavy (non-hydrogen) atoms. The summed E-state index contributed by atoms with van der Waals surface area (Å²) < 4.78 is 75.0. The highest BCUT2D eigenvalue weighted by Gasteiger charge is 2.48. The van der Waals surface area contributed by atoms with Crippen LogP contribution >= 0.6 is 0 Å². The van der Waals surface area contributed by atoms with Gasteiger partial charge in [-0.3, -0.25) is 28.1 Å². The van der Waals surface area contributed by atoms with Crippen LogP contribution in [0.5, 0.6) is 0 Å². The molecule has 0 aromatic heterocycles. The Morgan fingerprint density at radius 3 is 1.27 bits per heavy atom. The van der Waals surface area contributed by atoms with Gasteiger partial charge in [-0.1, -0.05) is 24.3 Å². The zero-order chi connectivity index (χ0) is 24.9. The Bertz CT molecular complexity index is 1110. The summed E-state index contributed by atoms with van der Waals surface area (Å²) in [5.74, 6) is -1.76. The summed E-state index contributed by atoms with van der Waals surface area (Å²) >= 11 is 0. The third-order valence-corrected chi connectivity index (χ3v) is 5.55. The second-order valence-corrected chi connectivity index (χ2v) is 9.28. The molecule has 0 amide bonds. The van der Waals surface area contributed by atoms with Crippen molar-refractivity contribution in [1.82, 2.24) is 0 Å². The van der Waals surface area contributed by atoms with Crippen LogP contribution in [0.25, 0.3) is 0 Å². The Labute approximate surface area is 190 Å². The average molecular weight is 503 g/mol. The lowest BCUT2D eigenvalue weighted by molar-refractivity contribution is -0.169. The largest absolute Gasteiger partial charge is 0.468 e. The first-order valence-electron chi connectivity index (χ1n) is 9.13. The molecule has 0 bridgehead atoms. The molecule has 0 unspecified atom stereocenters. The zero-order valence-electron chi connectivity index (χ0n) is 17.5. The summed E-state index contributed by atoms with van der Waals surface area (Å²) in [5, 5.41) is 0. The van der Waals surface area contributed by atoms with E-state index in [1.807, 2.05) is 9.44 Å². The second-order valence-electron chi connectivity index (χ2n) is 6.97. The molecule has 14 heteroatoms. The predicted molar refractivity (Wildman–Crippen MR) is 117 cm³/mol. The molecule has 2 rings (SSSR count). The molecule has 0 heterocycles. The fourth-order valence-corrected chi connectivity index (χ4v) is 4.07. The van der Waals surface area contributed by atoms with Gasteiger partial charge in [-0.05, 0) is 48.2 Å². The molecule has 0 aliphatic rings. The molecule has 180 valence electrons. The number of esters is 2. The lowest BCUT2D eigenvalue weighted by Gasteiger charge is -2.28. The van der Waals surface area contributed by atoms with Crippen LogP contribution < -0.4 is 9.44 Å². The average Bonchev–Trinajstić information content (AvgIpc) is 2.72. The highest BCUT2D eigenvalue weighted by molar-refractivity contribution is 7.87. The van der Waals surface area contributed by atoms with Crippen LogP contribution in [0.1, 0.15) is 11.1 Å². The molecule has 2 aromatic carbocycles. The Balaban J connectivity index is 2.40. The van der Waals surface area contributed by atoms with Crippen LogP contribution in [0.3, 0.4) is 0 Å². The minimum atomic E-state index is -4.47. The zero-order valence-corrected chi connectivity index (χ0v) is 19.1. The first-order chi connectivity index (χ1) is 15.3. The maximum absolute atomic E-state index is 12.8. The highest BCUT2D eigenvalue weighted by atomic mass is 32.2. The molecular weight excluding hydrogens is 480 g/mol. The van der Waals surface area contributed by atoms with E-state index in [-0.39, 0.29) is 24.2 Å². The highest BCUT2D eigenvalue weighted by Crippen LogP contribution is 2.32. The predicted octanol–water partition coefficient (Wildman–Crippen LogP) is 1.23. The minimum Gasteiger partial charge on any atom is -0.468 e. The van der Waals surface area contributed by atoms with E-state index in [0.717, 1.165) is 14.2 Å². The first kappa shape index (κ1) is 26.1. The van der Waals surface area contributed by atoms with E-state index < -0.39 is 38.0 Å². The molecule has 0 saturated heterocycles. The van der Waals surface area contributed by atoms with E-state index in [1.54, 1.807) is 0 Å². The Kier molecular flexibility index (Phi) is 8.02.